The van der Waals surface area contributed by atoms with Gasteiger partial charge in [-0.3, -0.25) is 0 Å². The number of carbonyl (C=O) groups is 1. The van der Waals surface area contributed by atoms with Gasteiger partial charge in [-0.15, -0.1) is 0 Å². The molecular weight excluding hydrogens is 378 g/mol. The summed E-state index contributed by atoms with van der Waals surface area (Å²) in [7, 11) is -1.92. The normalized spacial score (nSPS) is 11.3. The number of hydrogen-bond acceptors (Lipinski definition) is 4. The highest BCUT2D eigenvalue weighted by atomic mass is 32.2. The summed E-state index contributed by atoms with van der Waals surface area (Å²) in [5, 5.41) is 2.42. The number of hydrogen-bond donors (Lipinski definition) is 1. The lowest BCUT2D eigenvalue weighted by molar-refractivity contribution is 0.230. The molecule has 0 unspecified atom stereocenters. The van der Waals surface area contributed by atoms with E-state index in [4.69, 9.17) is 4.74 Å². The first-order valence-electron chi connectivity index (χ1n) is 8.03. The van der Waals surface area contributed by atoms with Crippen molar-refractivity contribution in [2.45, 2.75) is 17.1 Å². The van der Waals surface area contributed by atoms with E-state index in [0.29, 0.717) is 6.42 Å². The Morgan fingerprint density at radius 2 is 1.81 bits per heavy atom. The minimum atomic E-state index is -4.90. The van der Waals surface area contributed by atoms with Crippen LogP contribution in [0.5, 0.6) is 5.75 Å². The maximum absolute atomic E-state index is 13.0. The summed E-state index contributed by atoms with van der Waals surface area (Å²) < 4.78 is 55.6. The number of halogens is 2. The zero-order valence-corrected chi connectivity index (χ0v) is 15.7. The molecule has 9 heteroatoms. The van der Waals surface area contributed by atoms with Crippen LogP contribution in [0, 0.1) is 0 Å². The van der Waals surface area contributed by atoms with Crippen molar-refractivity contribution in [3.8, 4) is 5.75 Å². The molecule has 0 aliphatic heterocycles. The van der Waals surface area contributed by atoms with E-state index < -0.39 is 26.5 Å². The molecule has 0 spiro atoms. The van der Waals surface area contributed by atoms with Gasteiger partial charge < -0.3 is 15.0 Å². The molecule has 0 aliphatic carbocycles. The van der Waals surface area contributed by atoms with Gasteiger partial charge in [0.1, 0.15) is 10.6 Å². The van der Waals surface area contributed by atoms with E-state index >= 15 is 0 Å². The van der Waals surface area contributed by atoms with Gasteiger partial charge in [0.15, 0.2) is 0 Å². The number of amides is 2. The Morgan fingerprint density at radius 3 is 2.41 bits per heavy atom. The van der Waals surface area contributed by atoms with Gasteiger partial charge in [-0.05, 0) is 23.8 Å². The summed E-state index contributed by atoms with van der Waals surface area (Å²) in [6.07, 6.45) is 0.480. The molecule has 0 atom stereocenters. The Kier molecular flexibility index (Phi) is 6.73. The molecule has 0 bridgehead atoms. The number of nitrogens with zero attached hydrogens (tertiary/aromatic N) is 1. The number of nitrogens with one attached hydrogen (secondary N) is 1. The van der Waals surface area contributed by atoms with Crippen LogP contribution in [0.2, 0.25) is 0 Å². The SMILES string of the molecule is CN(C)C(=O)Nc1ccc(OCCc2ccccc2)c(S(=O)(=O)C(F)F)c1. The molecule has 2 aromatic rings. The number of sulfone groups is 1. The Morgan fingerprint density at radius 1 is 1.15 bits per heavy atom. The summed E-state index contributed by atoms with van der Waals surface area (Å²) in [5.41, 5.74) is 1.04. The smallest absolute Gasteiger partial charge is 0.341 e. The maximum Gasteiger partial charge on any atom is 0.341 e. The fraction of sp³-hybridized carbons (Fsp3) is 0.278. The van der Waals surface area contributed by atoms with Crippen molar-refractivity contribution in [3.63, 3.8) is 0 Å². The molecule has 0 saturated carbocycles. The standard InChI is InChI=1S/C18H20F2N2O4S/c1-22(2)18(23)21-14-8-9-15(16(12-14)27(24,25)17(19)20)26-11-10-13-6-4-3-5-7-13/h3-9,12,17H,10-11H2,1-2H3,(H,21,23). The number of ether oxygens (including phenoxy) is 1. The van der Waals surface area contributed by atoms with Gasteiger partial charge in [-0.1, -0.05) is 30.3 Å². The summed E-state index contributed by atoms with van der Waals surface area (Å²) in [4.78, 5) is 12.3. The van der Waals surface area contributed by atoms with Crippen LogP contribution < -0.4 is 10.1 Å². The van der Waals surface area contributed by atoms with Gasteiger partial charge in [0.2, 0.25) is 9.84 Å². The molecule has 6 nitrogen and oxygen atoms in total. The second kappa shape index (κ2) is 8.81. The van der Waals surface area contributed by atoms with Crippen LogP contribution in [-0.4, -0.2) is 45.8 Å². The van der Waals surface area contributed by atoms with Crippen molar-refractivity contribution >= 4 is 21.6 Å². The quantitative estimate of drug-likeness (QED) is 0.776. The lowest BCUT2D eigenvalue weighted by Crippen LogP contribution is -2.27. The first kappa shape index (κ1) is 20.6. The zero-order valence-electron chi connectivity index (χ0n) is 14.9. The van der Waals surface area contributed by atoms with Gasteiger partial charge >= 0.3 is 11.8 Å². The summed E-state index contributed by atoms with van der Waals surface area (Å²) in [5.74, 6) is -3.79. The Labute approximate surface area is 156 Å². The van der Waals surface area contributed by atoms with Crippen molar-refractivity contribution in [3.05, 3.63) is 54.1 Å². The van der Waals surface area contributed by atoms with E-state index in [0.717, 1.165) is 11.6 Å². The molecule has 2 aromatic carbocycles. The number of urea groups is 1. The molecule has 27 heavy (non-hydrogen) atoms. The number of anilines is 1. The molecular formula is C18H20F2N2O4S. The van der Waals surface area contributed by atoms with Crippen LogP contribution in [0.1, 0.15) is 5.56 Å². The highest BCUT2D eigenvalue weighted by molar-refractivity contribution is 7.91. The van der Waals surface area contributed by atoms with Gasteiger partial charge in [-0.2, -0.15) is 8.78 Å². The third-order valence-corrected chi connectivity index (χ3v) is 5.03. The first-order valence-corrected chi connectivity index (χ1v) is 9.57. The van der Waals surface area contributed by atoms with Crippen molar-refractivity contribution in [2.75, 3.05) is 26.0 Å². The molecule has 0 fully saturated rings. The Balaban J connectivity index is 2.25. The third kappa shape index (κ3) is 5.40. The van der Waals surface area contributed by atoms with Crippen LogP contribution in [0.25, 0.3) is 0 Å². The van der Waals surface area contributed by atoms with Crippen molar-refractivity contribution in [2.24, 2.45) is 0 Å². The maximum atomic E-state index is 13.0. The number of carbonyl (C=O) groups excluding carboxylic acids is 1. The van der Waals surface area contributed by atoms with Gasteiger partial charge in [0.05, 0.1) is 6.61 Å². The predicted molar refractivity (Wildman–Crippen MR) is 98.0 cm³/mol. The molecule has 146 valence electrons. The minimum Gasteiger partial charge on any atom is -0.492 e. The van der Waals surface area contributed by atoms with E-state index in [2.05, 4.69) is 5.32 Å². The summed E-state index contributed by atoms with van der Waals surface area (Å²) >= 11 is 0. The van der Waals surface area contributed by atoms with Crippen LogP contribution in [0.15, 0.2) is 53.4 Å². The lowest BCUT2D eigenvalue weighted by Gasteiger charge is -2.16. The molecule has 1 N–H and O–H groups in total. The molecule has 2 rings (SSSR count). The lowest BCUT2D eigenvalue weighted by atomic mass is 10.2. The fourth-order valence-corrected chi connectivity index (χ4v) is 3.07. The summed E-state index contributed by atoms with van der Waals surface area (Å²) in [6.45, 7) is 0.110. The second-order valence-electron chi connectivity index (χ2n) is 5.88. The molecule has 2 amide bonds. The van der Waals surface area contributed by atoms with Gasteiger partial charge in [0.25, 0.3) is 0 Å². The number of rotatable bonds is 7. The molecule has 0 aromatic heterocycles. The highest BCUT2D eigenvalue weighted by Crippen LogP contribution is 2.31. The highest BCUT2D eigenvalue weighted by Gasteiger charge is 2.30. The predicted octanol–water partition coefficient (Wildman–Crippen LogP) is 3.40. The third-order valence-electron chi connectivity index (χ3n) is 3.63. The molecule has 0 radical (unpaired) electrons. The van der Waals surface area contributed by atoms with E-state index in [1.54, 1.807) is 0 Å². The largest absolute Gasteiger partial charge is 0.492 e. The average Bonchev–Trinajstić information content (AvgIpc) is 2.63. The van der Waals surface area contributed by atoms with Crippen LogP contribution >= 0.6 is 0 Å². The molecule has 0 saturated heterocycles. The fourth-order valence-electron chi connectivity index (χ4n) is 2.18. The average molecular weight is 398 g/mol. The Hall–Kier alpha value is -2.68. The monoisotopic (exact) mass is 398 g/mol. The minimum absolute atomic E-state index is 0.0725. The summed E-state index contributed by atoms with van der Waals surface area (Å²) in [6, 6.07) is 12.4. The Bertz CT molecular complexity index is 887. The van der Waals surface area contributed by atoms with Crippen molar-refractivity contribution in [1.29, 1.82) is 0 Å². The molecule has 0 heterocycles. The van der Waals surface area contributed by atoms with E-state index in [1.807, 2.05) is 30.3 Å². The van der Waals surface area contributed by atoms with Crippen molar-refractivity contribution < 1.29 is 26.7 Å². The van der Waals surface area contributed by atoms with Crippen LogP contribution in [0.3, 0.4) is 0 Å². The van der Waals surface area contributed by atoms with Crippen molar-refractivity contribution in [1.82, 2.24) is 4.90 Å². The number of benzene rings is 2. The zero-order chi connectivity index (χ0) is 20.0. The van der Waals surface area contributed by atoms with E-state index in [1.165, 1.54) is 31.1 Å². The van der Waals surface area contributed by atoms with Gasteiger partial charge in [-0.25, -0.2) is 13.2 Å². The molecule has 0 aliphatic rings. The van der Waals surface area contributed by atoms with Crippen LogP contribution in [-0.2, 0) is 16.3 Å². The van der Waals surface area contributed by atoms with E-state index in [-0.39, 0.29) is 18.0 Å². The first-order chi connectivity index (χ1) is 12.7. The van der Waals surface area contributed by atoms with Crippen LogP contribution in [0.4, 0.5) is 19.3 Å². The topological polar surface area (TPSA) is 75.7 Å². The van der Waals surface area contributed by atoms with E-state index in [9.17, 15) is 22.0 Å². The van der Waals surface area contributed by atoms with Gasteiger partial charge in [0, 0.05) is 26.2 Å². The number of alkyl halides is 2. The second-order valence-corrected chi connectivity index (χ2v) is 7.76.